The molecule has 9 heteroatoms. The summed E-state index contributed by atoms with van der Waals surface area (Å²) >= 11 is 0. The molecule has 0 bridgehead atoms. The number of aromatic amines is 1. The van der Waals surface area contributed by atoms with Crippen LogP contribution in [0.4, 0.5) is 23.2 Å². The fraction of sp³-hybridized carbons (Fsp3) is 0.286. The highest BCUT2D eigenvalue weighted by atomic mass is 19.4. The van der Waals surface area contributed by atoms with Crippen molar-refractivity contribution in [2.24, 2.45) is 0 Å². The lowest BCUT2D eigenvalue weighted by Crippen LogP contribution is -2.55. The number of phenolic OH excluding ortho intramolecular Hbond substituents is 1. The van der Waals surface area contributed by atoms with Gasteiger partial charge in [-0.1, -0.05) is 13.0 Å². The van der Waals surface area contributed by atoms with Crippen LogP contribution in [0.15, 0.2) is 47.3 Å². The zero-order valence-corrected chi connectivity index (χ0v) is 15.7. The number of hydrogen-bond donors (Lipinski definition) is 4. The summed E-state index contributed by atoms with van der Waals surface area (Å²) in [6.45, 7) is 1.44. The minimum Gasteiger partial charge on any atom is -0.508 e. The minimum atomic E-state index is -5.03. The number of hydrogen-bond acceptors (Lipinski definition) is 4. The van der Waals surface area contributed by atoms with Crippen LogP contribution in [0.3, 0.4) is 0 Å². The topological polar surface area (TPSA) is 85.4 Å². The van der Waals surface area contributed by atoms with Gasteiger partial charge in [-0.15, -0.1) is 0 Å². The Kier molecular flexibility index (Phi) is 4.54. The van der Waals surface area contributed by atoms with Crippen LogP contribution in [-0.4, -0.2) is 27.0 Å². The first-order chi connectivity index (χ1) is 14.0. The summed E-state index contributed by atoms with van der Waals surface area (Å²) < 4.78 is 56.1. The van der Waals surface area contributed by atoms with Crippen LogP contribution in [-0.2, 0) is 0 Å². The quantitative estimate of drug-likeness (QED) is 0.463. The highest BCUT2D eigenvalue weighted by molar-refractivity contribution is 5.91. The van der Waals surface area contributed by atoms with Gasteiger partial charge in [0.15, 0.2) is 5.60 Å². The molecule has 2 aromatic carbocycles. The largest absolute Gasteiger partial charge is 0.508 e. The molecule has 1 aromatic heterocycles. The van der Waals surface area contributed by atoms with E-state index in [0.717, 1.165) is 12.1 Å². The van der Waals surface area contributed by atoms with E-state index in [4.69, 9.17) is 0 Å². The average Bonchev–Trinajstić information content (AvgIpc) is 2.63. The molecule has 5 nitrogen and oxygen atoms in total. The third-order valence-electron chi connectivity index (χ3n) is 5.61. The maximum Gasteiger partial charge on any atom is 0.419 e. The van der Waals surface area contributed by atoms with Gasteiger partial charge in [0.2, 0.25) is 5.56 Å². The van der Waals surface area contributed by atoms with Crippen molar-refractivity contribution < 1.29 is 27.8 Å². The van der Waals surface area contributed by atoms with E-state index in [1.54, 1.807) is 6.07 Å². The number of aliphatic hydroxyl groups is 1. The van der Waals surface area contributed by atoms with E-state index in [-0.39, 0.29) is 22.4 Å². The molecule has 3 atom stereocenters. The molecule has 0 spiro atoms. The van der Waals surface area contributed by atoms with Gasteiger partial charge in [0.05, 0.1) is 11.6 Å². The predicted octanol–water partition coefficient (Wildman–Crippen LogP) is 4.33. The van der Waals surface area contributed by atoms with Gasteiger partial charge < -0.3 is 20.5 Å². The maximum atomic E-state index is 14.1. The van der Waals surface area contributed by atoms with Crippen LogP contribution in [0.1, 0.15) is 36.4 Å². The van der Waals surface area contributed by atoms with E-state index in [1.165, 1.54) is 31.2 Å². The zero-order valence-electron chi connectivity index (χ0n) is 15.7. The number of aromatic nitrogens is 1. The van der Waals surface area contributed by atoms with E-state index in [2.05, 4.69) is 10.3 Å². The number of H-pyrrole nitrogens is 1. The number of alkyl halides is 3. The Labute approximate surface area is 168 Å². The number of anilines is 1. The van der Waals surface area contributed by atoms with Crippen LogP contribution < -0.4 is 10.9 Å². The SMILES string of the molecule is CC1CC(O)(C(F)(F)F)C(Nc2cccc3[nH]c(=O)ccc23)c2cc(F)cc(O)c21. The molecule has 0 amide bonds. The van der Waals surface area contributed by atoms with Gasteiger partial charge in [0.1, 0.15) is 11.6 Å². The van der Waals surface area contributed by atoms with Crippen molar-refractivity contribution in [1.29, 1.82) is 0 Å². The predicted molar refractivity (Wildman–Crippen MR) is 103 cm³/mol. The van der Waals surface area contributed by atoms with Crippen LogP contribution in [0.25, 0.3) is 10.9 Å². The summed E-state index contributed by atoms with van der Waals surface area (Å²) in [5.41, 5.74) is -3.03. The molecule has 3 unspecified atom stereocenters. The summed E-state index contributed by atoms with van der Waals surface area (Å²) in [5, 5.41) is 24.1. The van der Waals surface area contributed by atoms with Crippen molar-refractivity contribution in [2.45, 2.75) is 37.1 Å². The van der Waals surface area contributed by atoms with Crippen molar-refractivity contribution in [2.75, 3.05) is 5.32 Å². The van der Waals surface area contributed by atoms with Crippen molar-refractivity contribution in [1.82, 2.24) is 4.98 Å². The molecule has 0 radical (unpaired) electrons. The molecule has 0 saturated carbocycles. The Hall–Kier alpha value is -3.07. The second-order valence-corrected chi connectivity index (χ2v) is 7.62. The number of halogens is 4. The van der Waals surface area contributed by atoms with Crippen molar-refractivity contribution >= 4 is 16.6 Å². The monoisotopic (exact) mass is 422 g/mol. The normalized spacial score (nSPS) is 23.9. The lowest BCUT2D eigenvalue weighted by atomic mass is 9.70. The highest BCUT2D eigenvalue weighted by Gasteiger charge is 2.62. The first-order valence-corrected chi connectivity index (χ1v) is 9.21. The molecule has 3 aromatic rings. The van der Waals surface area contributed by atoms with Gasteiger partial charge in [-0.25, -0.2) is 4.39 Å². The first-order valence-electron chi connectivity index (χ1n) is 9.21. The molecule has 30 heavy (non-hydrogen) atoms. The molecule has 0 saturated heterocycles. The van der Waals surface area contributed by atoms with Gasteiger partial charge in [-0.3, -0.25) is 4.79 Å². The minimum absolute atomic E-state index is 0.150. The number of benzene rings is 2. The second kappa shape index (κ2) is 6.73. The molecule has 4 rings (SSSR count). The Balaban J connectivity index is 1.94. The summed E-state index contributed by atoms with van der Waals surface area (Å²) in [6, 6.07) is 7.23. The Morgan fingerprint density at radius 1 is 1.20 bits per heavy atom. The third-order valence-corrected chi connectivity index (χ3v) is 5.61. The third kappa shape index (κ3) is 3.09. The Morgan fingerprint density at radius 2 is 1.93 bits per heavy atom. The van der Waals surface area contributed by atoms with Gasteiger partial charge in [-0.2, -0.15) is 13.2 Å². The second-order valence-electron chi connectivity index (χ2n) is 7.62. The molecule has 0 fully saturated rings. The van der Waals surface area contributed by atoms with Gasteiger partial charge in [0.25, 0.3) is 0 Å². The van der Waals surface area contributed by atoms with E-state index >= 15 is 0 Å². The van der Waals surface area contributed by atoms with Crippen LogP contribution >= 0.6 is 0 Å². The number of aromatic hydroxyl groups is 1. The van der Waals surface area contributed by atoms with Gasteiger partial charge >= 0.3 is 6.18 Å². The van der Waals surface area contributed by atoms with Crippen LogP contribution in [0.2, 0.25) is 0 Å². The number of rotatable bonds is 2. The lowest BCUT2D eigenvalue weighted by Gasteiger charge is -2.45. The highest BCUT2D eigenvalue weighted by Crippen LogP contribution is 2.54. The number of pyridine rings is 1. The summed E-state index contributed by atoms with van der Waals surface area (Å²) in [6.07, 6.45) is -5.75. The fourth-order valence-electron chi connectivity index (χ4n) is 4.29. The Morgan fingerprint density at radius 3 is 2.63 bits per heavy atom. The molecule has 0 aliphatic heterocycles. The van der Waals surface area contributed by atoms with Crippen molar-refractivity contribution in [3.8, 4) is 5.75 Å². The van der Waals surface area contributed by atoms with E-state index in [1.807, 2.05) is 0 Å². The fourth-order valence-corrected chi connectivity index (χ4v) is 4.29. The summed E-state index contributed by atoms with van der Waals surface area (Å²) in [5.74, 6) is -2.25. The number of phenols is 1. The van der Waals surface area contributed by atoms with Gasteiger partial charge in [0, 0.05) is 28.8 Å². The summed E-state index contributed by atoms with van der Waals surface area (Å²) in [7, 11) is 0. The lowest BCUT2D eigenvalue weighted by molar-refractivity contribution is -0.272. The summed E-state index contributed by atoms with van der Waals surface area (Å²) in [4.78, 5) is 14.1. The van der Waals surface area contributed by atoms with Crippen LogP contribution in [0, 0.1) is 5.82 Å². The molecular formula is C21H18F4N2O3. The average molecular weight is 422 g/mol. The molecule has 1 heterocycles. The Bertz CT molecular complexity index is 1190. The standard InChI is InChI=1S/C21H18F4N2O3/c1-10-9-20(30,21(23,24)25)19(13-7-11(22)8-16(28)18(10)13)27-15-4-2-3-14-12(15)5-6-17(29)26-14/h2-8,10,19,27-28,30H,9H2,1H3,(H,26,29). The van der Waals surface area contributed by atoms with Crippen LogP contribution in [0.5, 0.6) is 5.75 Å². The van der Waals surface area contributed by atoms with Crippen molar-refractivity contribution in [3.63, 3.8) is 0 Å². The van der Waals surface area contributed by atoms with Gasteiger partial charge in [-0.05, 0) is 42.2 Å². The van der Waals surface area contributed by atoms with E-state index in [9.17, 15) is 32.6 Å². The number of fused-ring (bicyclic) bond motifs is 2. The smallest absolute Gasteiger partial charge is 0.419 e. The molecule has 1 aliphatic rings. The molecule has 4 N–H and O–H groups in total. The molecule has 158 valence electrons. The number of nitrogens with one attached hydrogen (secondary N) is 2. The first kappa shape index (κ1) is 20.2. The molecule has 1 aliphatic carbocycles. The maximum absolute atomic E-state index is 14.1. The molecular weight excluding hydrogens is 404 g/mol. The van der Waals surface area contributed by atoms with E-state index in [0.29, 0.717) is 10.9 Å². The van der Waals surface area contributed by atoms with E-state index < -0.39 is 41.7 Å². The van der Waals surface area contributed by atoms with Crippen molar-refractivity contribution in [3.05, 3.63) is 69.8 Å². The zero-order chi connectivity index (χ0) is 21.8.